The van der Waals surface area contributed by atoms with E-state index in [9.17, 15) is 27.2 Å². The quantitative estimate of drug-likeness (QED) is 0.115. The number of aromatic nitrogens is 1. The van der Waals surface area contributed by atoms with Crippen LogP contribution in [0.3, 0.4) is 0 Å². The van der Waals surface area contributed by atoms with Gasteiger partial charge in [0.2, 0.25) is 0 Å². The molecule has 4 aromatic rings. The number of halogens is 4. The lowest BCUT2D eigenvalue weighted by molar-refractivity contribution is -0.113. The van der Waals surface area contributed by atoms with Gasteiger partial charge < -0.3 is 15.4 Å². The number of nitrogens with one attached hydrogen (secondary N) is 2. The van der Waals surface area contributed by atoms with Crippen LogP contribution in [-0.4, -0.2) is 53.9 Å². The lowest BCUT2D eigenvalue weighted by Crippen LogP contribution is -2.39. The van der Waals surface area contributed by atoms with E-state index in [0.717, 1.165) is 68.1 Å². The molecule has 1 aliphatic carbocycles. The number of benzene rings is 3. The second kappa shape index (κ2) is 17.3. The van der Waals surface area contributed by atoms with Crippen molar-refractivity contribution in [2.45, 2.75) is 38.3 Å². The van der Waals surface area contributed by atoms with E-state index in [0.29, 0.717) is 30.4 Å². The Balaban J connectivity index is 1.02. The summed E-state index contributed by atoms with van der Waals surface area (Å²) < 4.78 is 61.0. The Bertz CT molecular complexity index is 1940. The van der Waals surface area contributed by atoms with Gasteiger partial charge in [-0.3, -0.25) is 19.5 Å². The van der Waals surface area contributed by atoms with Gasteiger partial charge in [0.15, 0.2) is 29.1 Å². The molecule has 0 radical (unpaired) electrons. The number of likely N-dealkylation sites (tertiary alicyclic amines) is 1. The van der Waals surface area contributed by atoms with E-state index in [1.807, 2.05) is 18.2 Å². The van der Waals surface area contributed by atoms with Crippen LogP contribution in [-0.2, 0) is 11.3 Å². The number of pyridine rings is 1. The van der Waals surface area contributed by atoms with Crippen LogP contribution in [0.4, 0.5) is 17.6 Å². The monoisotopic (exact) mass is 724 g/mol. The van der Waals surface area contributed by atoms with Gasteiger partial charge in [-0.2, -0.15) is 0 Å². The molecule has 0 atom stereocenters. The Labute approximate surface area is 306 Å². The predicted octanol–water partition coefficient (Wildman–Crippen LogP) is 7.66. The number of amides is 1. The minimum absolute atomic E-state index is 0.118. The number of ketones is 1. The van der Waals surface area contributed by atoms with Crippen molar-refractivity contribution in [2.24, 2.45) is 5.92 Å². The predicted molar refractivity (Wildman–Crippen MR) is 195 cm³/mol. The number of carbonyl (C=O) groups is 2. The van der Waals surface area contributed by atoms with Gasteiger partial charge >= 0.3 is 0 Å². The summed E-state index contributed by atoms with van der Waals surface area (Å²) in [6.45, 7) is 8.06. The van der Waals surface area contributed by atoms with Crippen LogP contribution in [0.25, 0.3) is 12.2 Å². The molecule has 53 heavy (non-hydrogen) atoms. The maximum Gasteiger partial charge on any atom is 0.251 e. The fourth-order valence-electron chi connectivity index (χ4n) is 6.57. The van der Waals surface area contributed by atoms with E-state index in [2.05, 4.69) is 27.1 Å². The molecule has 7 nitrogen and oxygen atoms in total. The molecular weight excluding hydrogens is 684 g/mol. The highest BCUT2D eigenvalue weighted by atomic mass is 19.2. The molecule has 0 spiro atoms. The van der Waals surface area contributed by atoms with Crippen LogP contribution in [0.2, 0.25) is 0 Å². The van der Waals surface area contributed by atoms with Crippen molar-refractivity contribution in [3.8, 4) is 5.75 Å². The van der Waals surface area contributed by atoms with Crippen molar-refractivity contribution < 1.29 is 31.9 Å². The van der Waals surface area contributed by atoms with Crippen LogP contribution in [0, 0.1) is 29.2 Å². The zero-order chi connectivity index (χ0) is 37.3. The molecule has 2 aliphatic rings. The summed E-state index contributed by atoms with van der Waals surface area (Å²) in [7, 11) is 0. The molecule has 6 rings (SSSR count). The molecule has 0 unspecified atom stereocenters. The van der Waals surface area contributed by atoms with Crippen LogP contribution in [0.1, 0.15) is 52.9 Å². The third-order valence-corrected chi connectivity index (χ3v) is 9.52. The normalized spacial score (nSPS) is 18.3. The molecule has 11 heteroatoms. The minimum atomic E-state index is -1.06. The topological polar surface area (TPSA) is 83.6 Å². The molecule has 2 fully saturated rings. The lowest BCUT2D eigenvalue weighted by Gasteiger charge is -2.33. The number of Topliss-reactive ketones (excluding diaryl/α,β-unsaturated/α-hetero) is 1. The Morgan fingerprint density at radius 3 is 2.04 bits per heavy atom. The molecule has 1 aromatic heterocycles. The molecule has 1 amide bonds. The third kappa shape index (κ3) is 10.1. The average molecular weight is 725 g/mol. The SMILES string of the molecule is C=C(NCc1ccccn1)C1CCN(CCOc2ccc(C(=O)NC3C/C(=C\c4ccc(F)c(F)c4)C(=O)/C(=C/c4ccc(F)c(F)c4)C3)cc2)CC1. The van der Waals surface area contributed by atoms with E-state index in [1.165, 1.54) is 24.3 Å². The number of allylic oxidation sites excluding steroid dienone is 1. The fourth-order valence-corrected chi connectivity index (χ4v) is 6.57. The first kappa shape index (κ1) is 37.2. The van der Waals surface area contributed by atoms with Crippen molar-refractivity contribution in [1.29, 1.82) is 0 Å². The maximum absolute atomic E-state index is 13.9. The molecule has 3 aromatic carbocycles. The highest BCUT2D eigenvalue weighted by molar-refractivity contribution is 6.14. The van der Waals surface area contributed by atoms with Gasteiger partial charge in [0.25, 0.3) is 5.91 Å². The van der Waals surface area contributed by atoms with Gasteiger partial charge in [0.05, 0.1) is 12.2 Å². The smallest absolute Gasteiger partial charge is 0.251 e. The van der Waals surface area contributed by atoms with Crippen LogP contribution in [0.5, 0.6) is 5.75 Å². The fraction of sp³-hybridized carbons (Fsp3) is 0.262. The Kier molecular flexibility index (Phi) is 12.2. The summed E-state index contributed by atoms with van der Waals surface area (Å²) in [5.41, 5.74) is 3.43. The van der Waals surface area contributed by atoms with Crippen molar-refractivity contribution >= 4 is 23.8 Å². The lowest BCUT2D eigenvalue weighted by atomic mass is 9.83. The number of hydrogen-bond acceptors (Lipinski definition) is 6. The van der Waals surface area contributed by atoms with Crippen molar-refractivity contribution in [1.82, 2.24) is 20.5 Å². The van der Waals surface area contributed by atoms with Gasteiger partial charge in [-0.05, 0) is 123 Å². The van der Waals surface area contributed by atoms with E-state index >= 15 is 0 Å². The number of rotatable bonds is 12. The first-order valence-electron chi connectivity index (χ1n) is 17.6. The zero-order valence-corrected chi connectivity index (χ0v) is 29.1. The summed E-state index contributed by atoms with van der Waals surface area (Å²) >= 11 is 0. The van der Waals surface area contributed by atoms with Gasteiger partial charge in [-0.15, -0.1) is 0 Å². The average Bonchev–Trinajstić information content (AvgIpc) is 3.16. The van der Waals surface area contributed by atoms with Crippen molar-refractivity contribution in [3.63, 3.8) is 0 Å². The molecular formula is C42H40F4N4O3. The first-order chi connectivity index (χ1) is 25.6. The highest BCUT2D eigenvalue weighted by Gasteiger charge is 2.29. The summed E-state index contributed by atoms with van der Waals surface area (Å²) in [6.07, 6.45) is 6.92. The molecule has 274 valence electrons. The summed E-state index contributed by atoms with van der Waals surface area (Å²) in [6, 6.07) is 18.6. The molecule has 1 saturated carbocycles. The van der Waals surface area contributed by atoms with Gasteiger partial charge in [-0.25, -0.2) is 17.6 Å². The number of nitrogens with zero attached hydrogens (tertiary/aromatic N) is 2. The molecule has 2 heterocycles. The van der Waals surface area contributed by atoms with E-state index < -0.39 is 35.1 Å². The third-order valence-electron chi connectivity index (χ3n) is 9.52. The summed E-state index contributed by atoms with van der Waals surface area (Å²) in [5.74, 6) is -3.91. The number of hydrogen-bond donors (Lipinski definition) is 2. The maximum atomic E-state index is 13.9. The summed E-state index contributed by atoms with van der Waals surface area (Å²) in [4.78, 5) is 33.5. The Morgan fingerprint density at radius 1 is 0.849 bits per heavy atom. The van der Waals surface area contributed by atoms with Crippen molar-refractivity contribution in [2.75, 3.05) is 26.2 Å². The number of carbonyl (C=O) groups excluding carboxylic acids is 2. The minimum Gasteiger partial charge on any atom is -0.492 e. The Morgan fingerprint density at radius 2 is 1.47 bits per heavy atom. The Hall–Kier alpha value is -5.55. The highest BCUT2D eigenvalue weighted by Crippen LogP contribution is 2.30. The van der Waals surface area contributed by atoms with E-state index in [4.69, 9.17) is 4.74 Å². The second-order valence-electron chi connectivity index (χ2n) is 13.3. The standard InChI is InChI=1S/C42H40F4N4O3/c1-27(48-26-34-4-2-3-15-47-34)30-13-16-50(17-14-30)18-19-53-36-9-7-31(8-10-36)42(52)49-35-24-32(20-28-5-11-37(43)39(45)22-28)41(51)33(25-35)21-29-6-12-38(44)40(46)23-29/h2-12,15,20-23,30,35,48H,1,13-14,16-19,24-26H2,(H,49,52)/b32-20+,33-21+. The summed E-state index contributed by atoms with van der Waals surface area (Å²) in [5, 5.41) is 6.38. The van der Waals surface area contributed by atoms with Crippen LogP contribution < -0.4 is 15.4 Å². The van der Waals surface area contributed by atoms with Gasteiger partial charge in [-0.1, -0.05) is 24.8 Å². The molecule has 2 N–H and O–H groups in total. The number of ether oxygens (including phenoxy) is 1. The molecule has 1 aliphatic heterocycles. The van der Waals surface area contributed by atoms with E-state index in [-0.39, 0.29) is 41.0 Å². The number of piperidine rings is 1. The molecule has 1 saturated heterocycles. The molecule has 0 bridgehead atoms. The zero-order valence-electron chi connectivity index (χ0n) is 29.1. The van der Waals surface area contributed by atoms with Crippen LogP contribution >= 0.6 is 0 Å². The second-order valence-corrected chi connectivity index (χ2v) is 13.3. The van der Waals surface area contributed by atoms with Gasteiger partial charge in [0.1, 0.15) is 12.4 Å². The van der Waals surface area contributed by atoms with Crippen LogP contribution in [0.15, 0.2) is 108 Å². The van der Waals surface area contributed by atoms with Crippen molar-refractivity contribution in [3.05, 3.63) is 154 Å². The van der Waals surface area contributed by atoms with Gasteiger partial charge in [0, 0.05) is 47.1 Å². The largest absolute Gasteiger partial charge is 0.492 e. The van der Waals surface area contributed by atoms with E-state index in [1.54, 1.807) is 30.5 Å². The first-order valence-corrected chi connectivity index (χ1v) is 17.6.